The van der Waals surface area contributed by atoms with Crippen LogP contribution in [0, 0.1) is 0 Å². The van der Waals surface area contributed by atoms with E-state index in [0.29, 0.717) is 22.3 Å². The van der Waals surface area contributed by atoms with Crippen LogP contribution in [-0.2, 0) is 11.3 Å². The molecule has 0 unspecified atom stereocenters. The van der Waals surface area contributed by atoms with Crippen LogP contribution in [0.5, 0.6) is 0 Å². The van der Waals surface area contributed by atoms with Gasteiger partial charge < -0.3 is 4.79 Å². The second-order valence-corrected chi connectivity index (χ2v) is 3.44. The van der Waals surface area contributed by atoms with E-state index >= 15 is 0 Å². The van der Waals surface area contributed by atoms with Gasteiger partial charge in [-0.05, 0) is 12.1 Å². The third-order valence-corrected chi connectivity index (χ3v) is 2.27. The molecule has 0 amide bonds. The van der Waals surface area contributed by atoms with Gasteiger partial charge in [0.15, 0.2) is 0 Å². The Morgan fingerprint density at radius 3 is 3.00 bits per heavy atom. The minimum absolute atomic E-state index is 0.0121. The SMILES string of the molecule is O=CCn1c(=O)ccc2ncc(Cl)cc21. The van der Waals surface area contributed by atoms with E-state index in [9.17, 15) is 9.59 Å². The van der Waals surface area contributed by atoms with E-state index in [1.54, 1.807) is 12.1 Å². The van der Waals surface area contributed by atoms with Crippen molar-refractivity contribution < 1.29 is 4.79 Å². The molecule has 0 aliphatic heterocycles. The van der Waals surface area contributed by atoms with E-state index in [2.05, 4.69) is 4.98 Å². The van der Waals surface area contributed by atoms with Gasteiger partial charge in [0.2, 0.25) is 0 Å². The fourth-order valence-corrected chi connectivity index (χ4v) is 1.56. The van der Waals surface area contributed by atoms with Crippen molar-refractivity contribution in [2.45, 2.75) is 6.54 Å². The van der Waals surface area contributed by atoms with Crippen LogP contribution in [-0.4, -0.2) is 15.8 Å². The average Bonchev–Trinajstić information content (AvgIpc) is 2.23. The molecule has 76 valence electrons. The zero-order valence-electron chi connectivity index (χ0n) is 7.68. The molecular formula is C10H7ClN2O2. The van der Waals surface area contributed by atoms with E-state index in [1.807, 2.05) is 0 Å². The highest BCUT2D eigenvalue weighted by atomic mass is 35.5. The number of pyridine rings is 2. The lowest BCUT2D eigenvalue weighted by Gasteiger charge is -2.05. The molecule has 2 heterocycles. The summed E-state index contributed by atoms with van der Waals surface area (Å²) in [5, 5.41) is 0.438. The molecule has 15 heavy (non-hydrogen) atoms. The largest absolute Gasteiger partial charge is 0.301 e. The van der Waals surface area contributed by atoms with E-state index in [0.717, 1.165) is 0 Å². The highest BCUT2D eigenvalue weighted by Crippen LogP contribution is 2.14. The van der Waals surface area contributed by atoms with Crippen LogP contribution < -0.4 is 5.56 Å². The van der Waals surface area contributed by atoms with Gasteiger partial charge in [0.1, 0.15) is 6.29 Å². The molecule has 0 aromatic carbocycles. The van der Waals surface area contributed by atoms with E-state index < -0.39 is 0 Å². The predicted molar refractivity (Wildman–Crippen MR) is 57.1 cm³/mol. The first-order valence-corrected chi connectivity index (χ1v) is 4.69. The smallest absolute Gasteiger partial charge is 0.251 e. The van der Waals surface area contributed by atoms with Crippen molar-refractivity contribution in [3.8, 4) is 0 Å². The molecule has 4 nitrogen and oxygen atoms in total. The maximum atomic E-state index is 11.5. The number of aldehydes is 1. The van der Waals surface area contributed by atoms with E-state index in [-0.39, 0.29) is 12.1 Å². The third kappa shape index (κ3) is 1.76. The fourth-order valence-electron chi connectivity index (χ4n) is 1.41. The van der Waals surface area contributed by atoms with Crippen LogP contribution in [0.4, 0.5) is 0 Å². The van der Waals surface area contributed by atoms with Crippen molar-refractivity contribution in [2.24, 2.45) is 0 Å². The maximum Gasteiger partial charge on any atom is 0.251 e. The number of nitrogens with zero attached hydrogens (tertiary/aromatic N) is 2. The molecule has 0 N–H and O–H groups in total. The highest BCUT2D eigenvalue weighted by molar-refractivity contribution is 6.31. The number of aromatic nitrogens is 2. The lowest BCUT2D eigenvalue weighted by Crippen LogP contribution is -2.20. The molecule has 0 aliphatic carbocycles. The van der Waals surface area contributed by atoms with Crippen LogP contribution in [0.1, 0.15) is 0 Å². The third-order valence-electron chi connectivity index (χ3n) is 2.06. The van der Waals surface area contributed by atoms with Crippen molar-refractivity contribution in [1.82, 2.24) is 9.55 Å². The Bertz CT molecular complexity index is 577. The Morgan fingerprint density at radius 1 is 1.47 bits per heavy atom. The number of halogens is 1. The Kier molecular flexibility index (Phi) is 2.51. The zero-order chi connectivity index (χ0) is 10.8. The zero-order valence-corrected chi connectivity index (χ0v) is 8.44. The number of carbonyl (C=O) groups excluding carboxylic acids is 1. The highest BCUT2D eigenvalue weighted by Gasteiger charge is 2.03. The van der Waals surface area contributed by atoms with Gasteiger partial charge in [0.05, 0.1) is 22.6 Å². The Hall–Kier alpha value is -1.68. The Morgan fingerprint density at radius 2 is 2.27 bits per heavy atom. The topological polar surface area (TPSA) is 52.0 Å². The summed E-state index contributed by atoms with van der Waals surface area (Å²) in [6, 6.07) is 4.61. The molecule has 0 spiro atoms. The van der Waals surface area contributed by atoms with Gasteiger partial charge in [-0.25, -0.2) is 0 Å². The molecule has 5 heteroatoms. The molecule has 0 aliphatic rings. The minimum Gasteiger partial charge on any atom is -0.301 e. The predicted octanol–water partition coefficient (Wildman–Crippen LogP) is 1.25. The Balaban J connectivity index is 2.84. The number of rotatable bonds is 2. The summed E-state index contributed by atoms with van der Waals surface area (Å²) in [5.41, 5.74) is 0.974. The van der Waals surface area contributed by atoms with E-state index in [4.69, 9.17) is 11.6 Å². The lowest BCUT2D eigenvalue weighted by atomic mass is 10.3. The first kappa shape index (κ1) is 9.86. The normalized spacial score (nSPS) is 10.5. The van der Waals surface area contributed by atoms with Crippen molar-refractivity contribution in [3.05, 3.63) is 39.8 Å². The first-order valence-electron chi connectivity index (χ1n) is 4.31. The van der Waals surface area contributed by atoms with Crippen LogP contribution in [0.3, 0.4) is 0 Å². The molecule has 0 saturated heterocycles. The van der Waals surface area contributed by atoms with Gasteiger partial charge in [-0.2, -0.15) is 0 Å². The molecule has 0 saturated carbocycles. The maximum absolute atomic E-state index is 11.5. The van der Waals surface area contributed by atoms with Crippen LogP contribution >= 0.6 is 11.6 Å². The first-order chi connectivity index (χ1) is 7.22. The van der Waals surface area contributed by atoms with Gasteiger partial charge in [-0.3, -0.25) is 14.3 Å². The van der Waals surface area contributed by atoms with Crippen molar-refractivity contribution in [2.75, 3.05) is 0 Å². The van der Waals surface area contributed by atoms with Gasteiger partial charge in [0.25, 0.3) is 5.56 Å². The van der Waals surface area contributed by atoms with Crippen LogP contribution in [0.15, 0.2) is 29.2 Å². The average molecular weight is 223 g/mol. The van der Waals surface area contributed by atoms with Gasteiger partial charge in [-0.15, -0.1) is 0 Å². The second-order valence-electron chi connectivity index (χ2n) is 3.01. The molecule has 2 rings (SSSR count). The fraction of sp³-hybridized carbons (Fsp3) is 0.100. The van der Waals surface area contributed by atoms with Gasteiger partial charge in [-0.1, -0.05) is 11.6 Å². The molecule has 0 bridgehead atoms. The van der Waals surface area contributed by atoms with Crippen LogP contribution in [0.2, 0.25) is 5.02 Å². The number of hydrogen-bond donors (Lipinski definition) is 0. The summed E-state index contributed by atoms with van der Waals surface area (Å²) in [4.78, 5) is 26.0. The van der Waals surface area contributed by atoms with Gasteiger partial charge >= 0.3 is 0 Å². The molecule has 0 fully saturated rings. The summed E-state index contributed by atoms with van der Waals surface area (Å²) < 4.78 is 1.33. The number of fused-ring (bicyclic) bond motifs is 1. The number of hydrogen-bond acceptors (Lipinski definition) is 3. The van der Waals surface area contributed by atoms with Crippen molar-refractivity contribution in [3.63, 3.8) is 0 Å². The van der Waals surface area contributed by atoms with Crippen molar-refractivity contribution in [1.29, 1.82) is 0 Å². The minimum atomic E-state index is -0.237. The molecule has 2 aromatic rings. The monoisotopic (exact) mass is 222 g/mol. The molecule has 0 atom stereocenters. The lowest BCUT2D eigenvalue weighted by molar-refractivity contribution is -0.108. The Labute approximate surface area is 90.1 Å². The summed E-state index contributed by atoms with van der Waals surface area (Å²) >= 11 is 5.78. The van der Waals surface area contributed by atoms with Gasteiger partial charge in [0, 0.05) is 12.3 Å². The van der Waals surface area contributed by atoms with Crippen LogP contribution in [0.25, 0.3) is 11.0 Å². The summed E-state index contributed by atoms with van der Waals surface area (Å²) in [6.45, 7) is 0.0121. The standard InChI is InChI=1S/C10H7ClN2O2/c11-7-5-9-8(12-6-7)1-2-10(15)13(9)3-4-14/h1-2,4-6H,3H2. The molecule has 2 aromatic heterocycles. The quantitative estimate of drug-likeness (QED) is 0.719. The summed E-state index contributed by atoms with van der Waals surface area (Å²) in [6.07, 6.45) is 2.17. The summed E-state index contributed by atoms with van der Waals surface area (Å²) in [5.74, 6) is 0. The number of carbonyl (C=O) groups is 1. The summed E-state index contributed by atoms with van der Waals surface area (Å²) in [7, 11) is 0. The second kappa shape index (κ2) is 3.82. The van der Waals surface area contributed by atoms with Crippen molar-refractivity contribution >= 4 is 28.9 Å². The molecular weight excluding hydrogens is 216 g/mol. The molecule has 0 radical (unpaired) electrons. The van der Waals surface area contributed by atoms with E-state index in [1.165, 1.54) is 16.8 Å².